The van der Waals surface area contributed by atoms with Gasteiger partial charge in [0, 0.05) is 18.4 Å². The molecule has 0 aromatic carbocycles. The first-order valence-electron chi connectivity index (χ1n) is 4.90. The van der Waals surface area contributed by atoms with E-state index in [1.807, 2.05) is 5.38 Å². The molecule has 1 aromatic heterocycles. The molecule has 0 radical (unpaired) electrons. The third-order valence-corrected chi connectivity index (χ3v) is 5.88. The van der Waals surface area contributed by atoms with Crippen LogP contribution in [0.15, 0.2) is 5.38 Å². The Labute approximate surface area is 92.9 Å². The topological polar surface area (TPSA) is 67.3 Å². The van der Waals surface area contributed by atoms with Crippen molar-refractivity contribution >= 4 is 21.2 Å². The van der Waals surface area contributed by atoms with Crippen LogP contribution in [0.25, 0.3) is 0 Å². The van der Waals surface area contributed by atoms with Crippen molar-refractivity contribution in [2.75, 3.05) is 12.4 Å². The van der Waals surface area contributed by atoms with Crippen LogP contribution in [0.3, 0.4) is 0 Å². The second kappa shape index (κ2) is 4.19. The molecule has 0 saturated carbocycles. The summed E-state index contributed by atoms with van der Waals surface area (Å²) in [5, 5.41) is 10.9. The molecule has 1 aliphatic rings. The minimum absolute atomic E-state index is 0.0561. The van der Waals surface area contributed by atoms with Crippen molar-refractivity contribution < 1.29 is 13.5 Å². The zero-order valence-corrected chi connectivity index (χ0v) is 9.85. The molecular weight excluding hydrogens is 234 g/mol. The van der Waals surface area contributed by atoms with E-state index in [1.165, 1.54) is 11.3 Å². The summed E-state index contributed by atoms with van der Waals surface area (Å²) in [6.07, 6.45) is 1.93. The fraction of sp³-hybridized carbons (Fsp3) is 0.667. The monoisotopic (exact) mass is 247 g/mol. The predicted octanol–water partition coefficient (Wildman–Crippen LogP) is 0.928. The maximum absolute atomic E-state index is 11.6. The van der Waals surface area contributed by atoms with Gasteiger partial charge in [-0.3, -0.25) is 0 Å². The van der Waals surface area contributed by atoms with Crippen LogP contribution in [-0.2, 0) is 16.3 Å². The summed E-state index contributed by atoms with van der Waals surface area (Å²) in [5.74, 6) is 0.284. The summed E-state index contributed by atoms with van der Waals surface area (Å²) in [5.41, 5.74) is 0.791. The van der Waals surface area contributed by atoms with Crippen molar-refractivity contribution in [1.29, 1.82) is 0 Å². The quantitative estimate of drug-likeness (QED) is 0.862. The highest BCUT2D eigenvalue weighted by Gasteiger charge is 2.34. The fourth-order valence-corrected chi connectivity index (χ4v) is 4.98. The van der Waals surface area contributed by atoms with Gasteiger partial charge < -0.3 is 5.11 Å². The van der Waals surface area contributed by atoms with Crippen molar-refractivity contribution in [3.05, 3.63) is 16.1 Å². The summed E-state index contributed by atoms with van der Waals surface area (Å²) in [7, 11) is -2.96. The van der Waals surface area contributed by atoms with Gasteiger partial charge in [0.2, 0.25) is 0 Å². The molecule has 1 unspecified atom stereocenters. The van der Waals surface area contributed by atoms with Crippen LogP contribution >= 0.6 is 11.3 Å². The molecule has 2 heterocycles. The van der Waals surface area contributed by atoms with Crippen LogP contribution in [0.5, 0.6) is 0 Å². The van der Waals surface area contributed by atoms with Crippen LogP contribution in [0.1, 0.15) is 28.8 Å². The highest BCUT2D eigenvalue weighted by atomic mass is 32.2. The zero-order chi connectivity index (χ0) is 10.9. The van der Waals surface area contributed by atoms with E-state index in [0.717, 1.165) is 12.1 Å². The zero-order valence-electron chi connectivity index (χ0n) is 8.22. The lowest BCUT2D eigenvalue weighted by Gasteiger charge is -2.03. The molecule has 0 spiro atoms. The Balaban J connectivity index is 2.22. The summed E-state index contributed by atoms with van der Waals surface area (Å²) < 4.78 is 23.3. The van der Waals surface area contributed by atoms with E-state index >= 15 is 0 Å². The molecule has 15 heavy (non-hydrogen) atoms. The molecule has 2 rings (SSSR count). The first-order chi connectivity index (χ1) is 7.13. The van der Waals surface area contributed by atoms with Crippen LogP contribution in [0, 0.1) is 0 Å². The summed E-state index contributed by atoms with van der Waals surface area (Å²) in [6.45, 7) is 0.0561. The van der Waals surface area contributed by atoms with E-state index in [1.54, 1.807) is 0 Å². The average Bonchev–Trinajstić information content (AvgIpc) is 2.72. The third-order valence-electron chi connectivity index (χ3n) is 2.54. The Kier molecular flexibility index (Phi) is 3.08. The van der Waals surface area contributed by atoms with Gasteiger partial charge in [0.25, 0.3) is 0 Å². The molecule has 1 atom stereocenters. The molecular formula is C9H13NO3S2. The number of aliphatic hydroxyl groups is 1. The molecule has 0 bridgehead atoms. The first-order valence-corrected chi connectivity index (χ1v) is 7.50. The molecule has 0 amide bonds. The second-order valence-corrected chi connectivity index (χ2v) is 6.84. The highest BCUT2D eigenvalue weighted by molar-refractivity contribution is 7.92. The van der Waals surface area contributed by atoms with Gasteiger partial charge in [0.1, 0.15) is 10.3 Å². The van der Waals surface area contributed by atoms with Gasteiger partial charge in [0.15, 0.2) is 9.84 Å². The Hall–Kier alpha value is -0.460. The summed E-state index contributed by atoms with van der Waals surface area (Å²) in [4.78, 5) is 4.26. The Morgan fingerprint density at radius 3 is 3.00 bits per heavy atom. The minimum Gasteiger partial charge on any atom is -0.396 e. The molecule has 6 heteroatoms. The van der Waals surface area contributed by atoms with Gasteiger partial charge in [-0.05, 0) is 12.8 Å². The molecule has 1 aromatic rings. The van der Waals surface area contributed by atoms with E-state index in [-0.39, 0.29) is 12.4 Å². The van der Waals surface area contributed by atoms with Crippen LogP contribution in [0.2, 0.25) is 0 Å². The first kappa shape index (κ1) is 11.0. The molecule has 4 nitrogen and oxygen atoms in total. The summed E-state index contributed by atoms with van der Waals surface area (Å²) >= 11 is 1.39. The Morgan fingerprint density at radius 1 is 1.60 bits per heavy atom. The number of thiazole rings is 1. The van der Waals surface area contributed by atoms with Gasteiger partial charge in [-0.2, -0.15) is 0 Å². The highest BCUT2D eigenvalue weighted by Crippen LogP contribution is 2.36. The number of hydrogen-bond acceptors (Lipinski definition) is 5. The van der Waals surface area contributed by atoms with Gasteiger partial charge >= 0.3 is 0 Å². The molecule has 84 valence electrons. The van der Waals surface area contributed by atoms with E-state index in [2.05, 4.69) is 4.98 Å². The van der Waals surface area contributed by atoms with E-state index in [0.29, 0.717) is 17.8 Å². The van der Waals surface area contributed by atoms with Crippen LogP contribution in [-0.4, -0.2) is 30.9 Å². The predicted molar refractivity (Wildman–Crippen MR) is 58.7 cm³/mol. The standard InChI is InChI=1S/C9H13NO3S2/c11-4-3-7-6-14-9(10-7)8-2-1-5-15(8,12)13/h6,8,11H,1-5H2. The lowest BCUT2D eigenvalue weighted by atomic mass is 10.2. The van der Waals surface area contributed by atoms with Crippen molar-refractivity contribution in [2.24, 2.45) is 0 Å². The summed E-state index contributed by atoms with van der Waals surface area (Å²) in [6, 6.07) is 0. The number of rotatable bonds is 3. The molecule has 1 saturated heterocycles. The second-order valence-electron chi connectivity index (χ2n) is 3.65. The largest absolute Gasteiger partial charge is 0.396 e. The number of hydrogen-bond donors (Lipinski definition) is 1. The van der Waals surface area contributed by atoms with Gasteiger partial charge in [-0.1, -0.05) is 0 Å². The van der Waals surface area contributed by atoms with Crippen molar-refractivity contribution in [3.63, 3.8) is 0 Å². The average molecular weight is 247 g/mol. The van der Waals surface area contributed by atoms with Crippen molar-refractivity contribution in [1.82, 2.24) is 4.98 Å². The van der Waals surface area contributed by atoms with E-state index in [9.17, 15) is 8.42 Å². The Bertz CT molecular complexity index is 438. The molecule has 1 fully saturated rings. The van der Waals surface area contributed by atoms with Crippen LogP contribution in [0.4, 0.5) is 0 Å². The van der Waals surface area contributed by atoms with Gasteiger partial charge in [-0.15, -0.1) is 11.3 Å². The maximum atomic E-state index is 11.6. The number of sulfone groups is 1. The van der Waals surface area contributed by atoms with Crippen molar-refractivity contribution in [2.45, 2.75) is 24.5 Å². The molecule has 1 aliphatic heterocycles. The lowest BCUT2D eigenvalue weighted by Crippen LogP contribution is -2.07. The maximum Gasteiger partial charge on any atom is 0.159 e. The lowest BCUT2D eigenvalue weighted by molar-refractivity contribution is 0.298. The van der Waals surface area contributed by atoms with Crippen molar-refractivity contribution in [3.8, 4) is 0 Å². The number of aliphatic hydroxyl groups excluding tert-OH is 1. The van der Waals surface area contributed by atoms with E-state index in [4.69, 9.17) is 5.11 Å². The fourth-order valence-electron chi connectivity index (χ4n) is 1.77. The number of aromatic nitrogens is 1. The SMILES string of the molecule is O=S1(=O)CCCC1c1nc(CCO)cs1. The van der Waals surface area contributed by atoms with E-state index < -0.39 is 15.1 Å². The number of nitrogens with zero attached hydrogens (tertiary/aromatic N) is 1. The molecule has 0 aliphatic carbocycles. The van der Waals surface area contributed by atoms with Gasteiger partial charge in [-0.25, -0.2) is 13.4 Å². The smallest absolute Gasteiger partial charge is 0.159 e. The minimum atomic E-state index is -2.96. The third kappa shape index (κ3) is 2.21. The normalized spacial score (nSPS) is 24.5. The van der Waals surface area contributed by atoms with Gasteiger partial charge in [0.05, 0.1) is 11.4 Å². The molecule has 1 N–H and O–H groups in total. The van der Waals surface area contributed by atoms with Crippen LogP contribution < -0.4 is 0 Å². The Morgan fingerprint density at radius 2 is 2.40 bits per heavy atom.